The van der Waals surface area contributed by atoms with Gasteiger partial charge >= 0.3 is 5.97 Å². The van der Waals surface area contributed by atoms with Crippen LogP contribution in [-0.4, -0.2) is 36.5 Å². The number of hydrogen-bond donors (Lipinski definition) is 0. The minimum absolute atomic E-state index is 0.143. The molecule has 1 heterocycles. The second kappa shape index (κ2) is 9.95. The highest BCUT2D eigenvalue weighted by Crippen LogP contribution is 2.32. The van der Waals surface area contributed by atoms with Crippen molar-refractivity contribution in [2.75, 3.05) is 19.7 Å². The van der Waals surface area contributed by atoms with Crippen molar-refractivity contribution in [3.63, 3.8) is 0 Å². The minimum Gasteiger partial charge on any atom is -0.452 e. The average Bonchev–Trinajstić information content (AvgIpc) is 3.02. The Morgan fingerprint density at radius 2 is 1.61 bits per heavy atom. The van der Waals surface area contributed by atoms with Gasteiger partial charge in [-0.2, -0.15) is 5.26 Å². The first kappa shape index (κ1) is 20.0. The van der Waals surface area contributed by atoms with E-state index in [9.17, 15) is 14.9 Å². The normalized spacial score (nSPS) is 14.0. The first-order valence-electron chi connectivity index (χ1n) is 9.40. The molecule has 0 atom stereocenters. The van der Waals surface area contributed by atoms with Crippen LogP contribution in [0.5, 0.6) is 0 Å². The third-order valence-electron chi connectivity index (χ3n) is 4.62. The van der Waals surface area contributed by atoms with Crippen molar-refractivity contribution in [1.82, 2.24) is 4.90 Å². The molecule has 6 heteroatoms. The number of hydrogen-bond acceptors (Lipinski definition) is 5. The quantitative estimate of drug-likeness (QED) is 0.709. The lowest BCUT2D eigenvalue weighted by molar-refractivity contribution is -0.134. The number of carbonyl (C=O) groups is 2. The average molecular weight is 394 g/mol. The Morgan fingerprint density at radius 1 is 0.964 bits per heavy atom. The van der Waals surface area contributed by atoms with Crippen LogP contribution in [0.4, 0.5) is 0 Å². The monoisotopic (exact) mass is 394 g/mol. The van der Waals surface area contributed by atoms with Gasteiger partial charge in [-0.15, -0.1) is 0 Å². The predicted molar refractivity (Wildman–Crippen MR) is 107 cm³/mol. The molecular formula is C22H22N2O3S. The van der Waals surface area contributed by atoms with Crippen LogP contribution in [0, 0.1) is 11.3 Å². The van der Waals surface area contributed by atoms with Crippen LogP contribution in [0.3, 0.4) is 0 Å². The molecule has 0 aliphatic carbocycles. The molecule has 0 N–H and O–H groups in total. The zero-order valence-corrected chi connectivity index (χ0v) is 16.4. The van der Waals surface area contributed by atoms with E-state index in [1.165, 1.54) is 11.8 Å². The fourth-order valence-corrected chi connectivity index (χ4v) is 4.12. The van der Waals surface area contributed by atoms with Gasteiger partial charge in [0.2, 0.25) is 0 Å². The van der Waals surface area contributed by atoms with Crippen molar-refractivity contribution in [3.05, 3.63) is 59.7 Å². The molecule has 2 aromatic rings. The lowest BCUT2D eigenvalue weighted by atomic mass is 10.2. The molecule has 144 valence electrons. The molecule has 0 aromatic heterocycles. The molecule has 3 rings (SSSR count). The van der Waals surface area contributed by atoms with Gasteiger partial charge in [0.1, 0.15) is 6.07 Å². The van der Waals surface area contributed by atoms with Crippen molar-refractivity contribution in [2.45, 2.75) is 35.5 Å². The summed E-state index contributed by atoms with van der Waals surface area (Å²) in [5.41, 5.74) is 0.941. The molecule has 1 aliphatic rings. The summed E-state index contributed by atoms with van der Waals surface area (Å²) in [4.78, 5) is 28.2. The molecule has 0 spiro atoms. The molecular weight excluding hydrogens is 372 g/mol. The molecule has 0 radical (unpaired) electrons. The number of likely N-dealkylation sites (tertiary alicyclic amines) is 1. The van der Waals surface area contributed by atoms with Gasteiger partial charge in [0.05, 0.1) is 11.1 Å². The second-order valence-electron chi connectivity index (χ2n) is 6.58. The van der Waals surface area contributed by atoms with Crippen LogP contribution in [0.1, 0.15) is 41.6 Å². The van der Waals surface area contributed by atoms with Gasteiger partial charge in [0.15, 0.2) is 6.61 Å². The highest BCUT2D eigenvalue weighted by Gasteiger charge is 2.19. The first-order chi connectivity index (χ1) is 13.7. The summed E-state index contributed by atoms with van der Waals surface area (Å²) in [6.45, 7) is 1.22. The number of nitriles is 1. The standard InChI is InChI=1S/C22H22N2O3S/c23-15-17-9-3-5-11-19(17)28-20-12-6-4-10-18(20)22(26)27-16-21(25)24-13-7-1-2-8-14-24/h3-6,9-12H,1-2,7-8,13-14,16H2. The van der Waals surface area contributed by atoms with E-state index in [1.54, 1.807) is 29.2 Å². The molecule has 0 saturated carbocycles. The van der Waals surface area contributed by atoms with Crippen molar-refractivity contribution >= 4 is 23.6 Å². The molecule has 5 nitrogen and oxygen atoms in total. The van der Waals surface area contributed by atoms with E-state index in [0.717, 1.165) is 43.7 Å². The van der Waals surface area contributed by atoms with Gasteiger partial charge in [-0.3, -0.25) is 4.79 Å². The summed E-state index contributed by atoms with van der Waals surface area (Å²) < 4.78 is 5.31. The van der Waals surface area contributed by atoms with E-state index in [4.69, 9.17) is 4.74 Å². The fraction of sp³-hybridized carbons (Fsp3) is 0.318. The molecule has 28 heavy (non-hydrogen) atoms. The smallest absolute Gasteiger partial charge is 0.339 e. The summed E-state index contributed by atoms with van der Waals surface area (Å²) >= 11 is 1.34. The van der Waals surface area contributed by atoms with Gasteiger partial charge in [-0.05, 0) is 37.1 Å². The summed E-state index contributed by atoms with van der Waals surface area (Å²) in [5, 5.41) is 9.27. The van der Waals surface area contributed by atoms with Crippen LogP contribution < -0.4 is 0 Å². The van der Waals surface area contributed by atoms with Gasteiger partial charge in [-0.25, -0.2) is 4.79 Å². The van der Waals surface area contributed by atoms with Crippen LogP contribution in [0.25, 0.3) is 0 Å². The molecule has 2 aromatic carbocycles. The SMILES string of the molecule is N#Cc1ccccc1Sc1ccccc1C(=O)OCC(=O)N1CCCCCC1. The number of rotatable bonds is 5. The topological polar surface area (TPSA) is 70.4 Å². The zero-order valence-electron chi connectivity index (χ0n) is 15.6. The molecule has 1 saturated heterocycles. The number of benzene rings is 2. The maximum Gasteiger partial charge on any atom is 0.339 e. The Morgan fingerprint density at radius 3 is 2.32 bits per heavy atom. The van der Waals surface area contributed by atoms with Crippen LogP contribution in [-0.2, 0) is 9.53 Å². The number of esters is 1. The van der Waals surface area contributed by atoms with Crippen LogP contribution >= 0.6 is 11.8 Å². The van der Waals surface area contributed by atoms with Crippen molar-refractivity contribution < 1.29 is 14.3 Å². The van der Waals surface area contributed by atoms with E-state index >= 15 is 0 Å². The van der Waals surface area contributed by atoms with Gasteiger partial charge in [-0.1, -0.05) is 48.9 Å². The van der Waals surface area contributed by atoms with E-state index in [2.05, 4.69) is 6.07 Å². The Kier molecular flexibility index (Phi) is 7.10. The van der Waals surface area contributed by atoms with E-state index in [-0.39, 0.29) is 12.5 Å². The first-order valence-corrected chi connectivity index (χ1v) is 10.2. The molecule has 0 bridgehead atoms. The maximum absolute atomic E-state index is 12.6. The third kappa shape index (κ3) is 5.14. The number of nitrogens with zero attached hydrogens (tertiary/aromatic N) is 2. The Bertz CT molecular complexity index is 883. The maximum atomic E-state index is 12.6. The largest absolute Gasteiger partial charge is 0.452 e. The number of amides is 1. The van der Waals surface area contributed by atoms with Crippen molar-refractivity contribution in [3.8, 4) is 6.07 Å². The molecule has 1 aliphatic heterocycles. The Hall–Kier alpha value is -2.78. The van der Waals surface area contributed by atoms with E-state index < -0.39 is 5.97 Å². The van der Waals surface area contributed by atoms with Gasteiger partial charge < -0.3 is 9.64 Å². The lowest BCUT2D eigenvalue weighted by Gasteiger charge is -2.20. The van der Waals surface area contributed by atoms with Gasteiger partial charge in [0.25, 0.3) is 5.91 Å². The Balaban J connectivity index is 1.67. The van der Waals surface area contributed by atoms with Crippen LogP contribution in [0.15, 0.2) is 58.3 Å². The molecule has 1 fully saturated rings. The lowest BCUT2D eigenvalue weighted by Crippen LogP contribution is -2.35. The van der Waals surface area contributed by atoms with E-state index in [0.29, 0.717) is 16.0 Å². The third-order valence-corrected chi connectivity index (χ3v) is 5.77. The zero-order chi connectivity index (χ0) is 19.8. The summed E-state index contributed by atoms with van der Waals surface area (Å²) in [6.07, 6.45) is 4.27. The highest BCUT2D eigenvalue weighted by molar-refractivity contribution is 7.99. The Labute approximate surface area is 169 Å². The summed E-state index contributed by atoms with van der Waals surface area (Å²) in [7, 11) is 0. The fourth-order valence-electron chi connectivity index (χ4n) is 3.11. The summed E-state index contributed by atoms with van der Waals surface area (Å²) in [5.74, 6) is -0.670. The number of ether oxygens (including phenoxy) is 1. The molecule has 1 amide bonds. The molecule has 0 unspecified atom stereocenters. The van der Waals surface area contributed by atoms with Gasteiger partial charge in [0, 0.05) is 22.9 Å². The second-order valence-corrected chi connectivity index (χ2v) is 7.66. The van der Waals surface area contributed by atoms with Crippen molar-refractivity contribution in [2.24, 2.45) is 0 Å². The predicted octanol–water partition coefficient (Wildman–Crippen LogP) is 4.27. The minimum atomic E-state index is -0.527. The number of carbonyl (C=O) groups excluding carboxylic acids is 2. The van der Waals surface area contributed by atoms with Crippen molar-refractivity contribution in [1.29, 1.82) is 5.26 Å². The summed E-state index contributed by atoms with van der Waals surface area (Å²) in [6, 6.07) is 16.5. The van der Waals surface area contributed by atoms with E-state index in [1.807, 2.05) is 24.3 Å². The van der Waals surface area contributed by atoms with Crippen LogP contribution in [0.2, 0.25) is 0 Å². The highest BCUT2D eigenvalue weighted by atomic mass is 32.2.